The van der Waals surface area contributed by atoms with E-state index in [1.165, 1.54) is 141 Å². The highest BCUT2D eigenvalue weighted by atomic mass is 16.7. The standard InChI is InChI=1S/C47H89NO8/c1-3-5-7-9-11-13-15-17-19-21-23-25-27-29-31-33-35-37-43(51)48-40(39-55-47-46(54)45(53)44(52)42(38-49)56-47)41(50)36-34-32-30-28-26-24-22-20-18-16-14-12-10-8-6-4-2/h17,19,26,28,40-42,44-47,49-50,52-54H,3-16,18,20-25,27,29-39H2,1-2H3,(H,48,51)/b19-17+,28-26+/t40-,41+,42-,44-,45?,46?,47-/m0/s1. The van der Waals surface area contributed by atoms with Crippen molar-refractivity contribution in [2.45, 2.75) is 256 Å². The molecule has 56 heavy (non-hydrogen) atoms. The fourth-order valence-corrected chi connectivity index (χ4v) is 7.44. The van der Waals surface area contributed by atoms with Gasteiger partial charge in [0.2, 0.25) is 5.91 Å². The molecule has 9 heteroatoms. The first kappa shape index (κ1) is 52.7. The van der Waals surface area contributed by atoms with Gasteiger partial charge in [-0.25, -0.2) is 0 Å². The summed E-state index contributed by atoms with van der Waals surface area (Å²) >= 11 is 0. The third kappa shape index (κ3) is 28.2. The molecular weight excluding hydrogens is 707 g/mol. The average Bonchev–Trinajstić information content (AvgIpc) is 3.20. The van der Waals surface area contributed by atoms with Crippen molar-refractivity contribution in [3.05, 3.63) is 24.3 Å². The van der Waals surface area contributed by atoms with Gasteiger partial charge in [0.25, 0.3) is 0 Å². The normalized spacial score (nSPS) is 21.3. The van der Waals surface area contributed by atoms with E-state index >= 15 is 0 Å². The number of aliphatic hydroxyl groups excluding tert-OH is 5. The van der Waals surface area contributed by atoms with Crippen molar-refractivity contribution in [1.82, 2.24) is 5.32 Å². The van der Waals surface area contributed by atoms with E-state index in [1.54, 1.807) is 0 Å². The highest BCUT2D eigenvalue weighted by Crippen LogP contribution is 2.23. The first-order valence-electron chi connectivity index (χ1n) is 23.5. The number of carbonyl (C=O) groups excluding carboxylic acids is 1. The molecule has 1 saturated heterocycles. The maximum Gasteiger partial charge on any atom is 0.220 e. The topological polar surface area (TPSA) is 149 Å². The van der Waals surface area contributed by atoms with Gasteiger partial charge in [0.1, 0.15) is 24.4 Å². The quantitative estimate of drug-likeness (QED) is 0.0266. The van der Waals surface area contributed by atoms with Crippen molar-refractivity contribution in [3.8, 4) is 0 Å². The summed E-state index contributed by atoms with van der Waals surface area (Å²) in [5.41, 5.74) is 0. The number of nitrogens with one attached hydrogen (secondary N) is 1. The van der Waals surface area contributed by atoms with Crippen LogP contribution in [0.2, 0.25) is 0 Å². The van der Waals surface area contributed by atoms with E-state index in [-0.39, 0.29) is 12.5 Å². The number of carbonyl (C=O) groups is 1. The van der Waals surface area contributed by atoms with Crippen LogP contribution in [0.5, 0.6) is 0 Å². The number of hydrogen-bond acceptors (Lipinski definition) is 8. The van der Waals surface area contributed by atoms with E-state index in [0.717, 1.165) is 44.9 Å². The summed E-state index contributed by atoms with van der Waals surface area (Å²) in [6.07, 6.45) is 37.5. The molecule has 9 nitrogen and oxygen atoms in total. The Morgan fingerprint density at radius 2 is 1.00 bits per heavy atom. The molecule has 1 aliphatic heterocycles. The molecule has 1 rings (SSSR count). The monoisotopic (exact) mass is 796 g/mol. The molecule has 330 valence electrons. The maximum atomic E-state index is 13.0. The highest BCUT2D eigenvalue weighted by Gasteiger charge is 2.44. The molecule has 0 aromatic rings. The number of allylic oxidation sites excluding steroid dienone is 4. The summed E-state index contributed by atoms with van der Waals surface area (Å²) in [6.45, 7) is 3.81. The van der Waals surface area contributed by atoms with Gasteiger partial charge in [-0.15, -0.1) is 0 Å². The molecule has 1 amide bonds. The molecule has 1 aliphatic rings. The van der Waals surface area contributed by atoms with Crippen LogP contribution in [0.25, 0.3) is 0 Å². The Kier molecular flexibility index (Phi) is 35.7. The molecule has 2 unspecified atom stereocenters. The van der Waals surface area contributed by atoms with Gasteiger partial charge >= 0.3 is 0 Å². The lowest BCUT2D eigenvalue weighted by atomic mass is 9.99. The lowest BCUT2D eigenvalue weighted by molar-refractivity contribution is -0.302. The summed E-state index contributed by atoms with van der Waals surface area (Å²) in [5, 5.41) is 54.3. The third-order valence-electron chi connectivity index (χ3n) is 11.3. The molecule has 0 radical (unpaired) electrons. The minimum Gasteiger partial charge on any atom is -0.394 e. The zero-order valence-electron chi connectivity index (χ0n) is 36.1. The van der Waals surface area contributed by atoms with Gasteiger partial charge < -0.3 is 40.3 Å². The van der Waals surface area contributed by atoms with Crippen LogP contribution in [-0.2, 0) is 14.3 Å². The molecule has 7 atom stereocenters. The first-order chi connectivity index (χ1) is 27.3. The van der Waals surface area contributed by atoms with Crippen molar-refractivity contribution in [2.24, 2.45) is 0 Å². The predicted molar refractivity (Wildman–Crippen MR) is 230 cm³/mol. The second-order valence-electron chi connectivity index (χ2n) is 16.5. The zero-order valence-corrected chi connectivity index (χ0v) is 36.1. The molecule has 0 saturated carbocycles. The number of rotatable bonds is 39. The molecule has 0 aliphatic carbocycles. The van der Waals surface area contributed by atoms with Crippen molar-refractivity contribution >= 4 is 5.91 Å². The van der Waals surface area contributed by atoms with E-state index in [1.807, 2.05) is 0 Å². The van der Waals surface area contributed by atoms with E-state index in [2.05, 4.69) is 43.5 Å². The SMILES string of the molecule is CCCCCCCC/C=C/CCCCCCCCCC(=O)N[C@@H](CO[C@H]1O[C@@H](CO)[C@H](O)C(O)C1O)[C@H](O)CCCC/C=C/CCCCCCCCCCCC. The second kappa shape index (κ2) is 37.9. The fraction of sp³-hybridized carbons (Fsp3) is 0.894. The summed E-state index contributed by atoms with van der Waals surface area (Å²) in [7, 11) is 0. The molecule has 0 bridgehead atoms. The van der Waals surface area contributed by atoms with Crippen molar-refractivity contribution in [2.75, 3.05) is 13.2 Å². The van der Waals surface area contributed by atoms with E-state index < -0.39 is 49.5 Å². The maximum absolute atomic E-state index is 13.0. The molecule has 0 aromatic carbocycles. The Bertz CT molecular complexity index is 930. The van der Waals surface area contributed by atoms with Crippen LogP contribution >= 0.6 is 0 Å². The minimum atomic E-state index is -1.56. The first-order valence-corrected chi connectivity index (χ1v) is 23.5. The number of unbranched alkanes of at least 4 members (excludes halogenated alkanes) is 25. The van der Waals surface area contributed by atoms with Gasteiger partial charge in [-0.1, -0.05) is 167 Å². The van der Waals surface area contributed by atoms with Gasteiger partial charge in [-0.3, -0.25) is 4.79 Å². The molecular formula is C47H89NO8. The van der Waals surface area contributed by atoms with Crippen LogP contribution in [-0.4, -0.2) is 87.5 Å². The number of ether oxygens (including phenoxy) is 2. The number of hydrogen-bond donors (Lipinski definition) is 6. The smallest absolute Gasteiger partial charge is 0.220 e. The van der Waals surface area contributed by atoms with Gasteiger partial charge in [0.05, 0.1) is 25.4 Å². The van der Waals surface area contributed by atoms with Crippen LogP contribution in [0.15, 0.2) is 24.3 Å². The molecule has 1 fully saturated rings. The second-order valence-corrected chi connectivity index (χ2v) is 16.5. The molecule has 0 aromatic heterocycles. The Balaban J connectivity index is 2.34. The summed E-state index contributed by atoms with van der Waals surface area (Å²) in [4.78, 5) is 13.0. The molecule has 0 spiro atoms. The predicted octanol–water partition coefficient (Wildman–Crippen LogP) is 9.89. The fourth-order valence-electron chi connectivity index (χ4n) is 7.44. The minimum absolute atomic E-state index is 0.150. The van der Waals surface area contributed by atoms with Crippen molar-refractivity contribution in [1.29, 1.82) is 0 Å². The summed E-state index contributed by atoms with van der Waals surface area (Å²) < 4.78 is 11.2. The Labute approximate surface area is 343 Å². The van der Waals surface area contributed by atoms with Crippen molar-refractivity contribution < 1.29 is 39.8 Å². The Morgan fingerprint density at radius 1 is 0.589 bits per heavy atom. The van der Waals surface area contributed by atoms with Gasteiger partial charge in [-0.2, -0.15) is 0 Å². The van der Waals surface area contributed by atoms with Gasteiger partial charge in [0, 0.05) is 6.42 Å². The summed E-state index contributed by atoms with van der Waals surface area (Å²) in [5.74, 6) is -0.158. The van der Waals surface area contributed by atoms with Crippen LogP contribution in [0.1, 0.15) is 213 Å². The van der Waals surface area contributed by atoms with Gasteiger partial charge in [-0.05, 0) is 64.2 Å². The van der Waals surface area contributed by atoms with Crippen molar-refractivity contribution in [3.63, 3.8) is 0 Å². The molecule has 6 N–H and O–H groups in total. The van der Waals surface area contributed by atoms with E-state index in [4.69, 9.17) is 9.47 Å². The summed E-state index contributed by atoms with van der Waals surface area (Å²) in [6, 6.07) is -0.735. The molecule has 1 heterocycles. The number of aliphatic hydroxyl groups is 5. The van der Waals surface area contributed by atoms with Crippen LogP contribution in [0.4, 0.5) is 0 Å². The lowest BCUT2D eigenvalue weighted by Crippen LogP contribution is -2.60. The highest BCUT2D eigenvalue weighted by molar-refractivity contribution is 5.76. The van der Waals surface area contributed by atoms with Crippen LogP contribution < -0.4 is 5.32 Å². The number of amides is 1. The lowest BCUT2D eigenvalue weighted by Gasteiger charge is -2.40. The Hall–Kier alpha value is -1.33. The zero-order chi connectivity index (χ0) is 40.9. The van der Waals surface area contributed by atoms with E-state index in [9.17, 15) is 30.3 Å². The van der Waals surface area contributed by atoms with Crippen LogP contribution in [0, 0.1) is 0 Å². The third-order valence-corrected chi connectivity index (χ3v) is 11.3. The largest absolute Gasteiger partial charge is 0.394 e. The van der Waals surface area contributed by atoms with E-state index in [0.29, 0.717) is 12.8 Å². The Morgan fingerprint density at radius 3 is 1.45 bits per heavy atom. The van der Waals surface area contributed by atoms with Crippen LogP contribution in [0.3, 0.4) is 0 Å². The average molecular weight is 796 g/mol. The van der Waals surface area contributed by atoms with Gasteiger partial charge in [0.15, 0.2) is 6.29 Å².